The van der Waals surface area contributed by atoms with Crippen LogP contribution in [-0.4, -0.2) is 20.9 Å². The third-order valence-corrected chi connectivity index (χ3v) is 4.36. The zero-order valence-corrected chi connectivity index (χ0v) is 15.4. The minimum atomic E-state index is -1.05. The Labute approximate surface area is 161 Å². The molecule has 0 saturated heterocycles. The van der Waals surface area contributed by atoms with Gasteiger partial charge in [-0.1, -0.05) is 23.7 Å². The standard InChI is InChI=1S/C20H18ClFN2O3/c1-13-10-18(20(25)26)23-24(13)9-8-15-11-16(21)4-7-19(15)27-12-14-2-5-17(22)6-3-14/h2-7,10-11H,8-9,12H2,1H3,(H,25,26). The first-order valence-corrected chi connectivity index (χ1v) is 8.73. The third kappa shape index (κ3) is 4.86. The SMILES string of the molecule is Cc1cc(C(=O)O)nn1CCc1cc(Cl)ccc1OCc1ccc(F)cc1. The molecule has 0 unspecified atom stereocenters. The molecule has 0 aliphatic heterocycles. The largest absolute Gasteiger partial charge is 0.489 e. The quantitative estimate of drug-likeness (QED) is 0.647. The predicted molar refractivity (Wildman–Crippen MR) is 99.8 cm³/mol. The van der Waals surface area contributed by atoms with Crippen LogP contribution in [0.3, 0.4) is 0 Å². The summed E-state index contributed by atoms with van der Waals surface area (Å²) in [5.74, 6) is -0.670. The summed E-state index contributed by atoms with van der Waals surface area (Å²) >= 11 is 6.11. The first-order valence-electron chi connectivity index (χ1n) is 8.36. The number of carboxylic acids is 1. The zero-order valence-electron chi connectivity index (χ0n) is 14.7. The first kappa shape index (κ1) is 18.9. The second kappa shape index (κ2) is 8.22. The van der Waals surface area contributed by atoms with Crippen molar-refractivity contribution in [3.63, 3.8) is 0 Å². The molecule has 0 saturated carbocycles. The van der Waals surface area contributed by atoms with Crippen LogP contribution in [0.1, 0.15) is 27.3 Å². The first-order chi connectivity index (χ1) is 12.9. The lowest BCUT2D eigenvalue weighted by atomic mass is 10.1. The summed E-state index contributed by atoms with van der Waals surface area (Å²) in [7, 11) is 0. The Morgan fingerprint density at radius 2 is 1.96 bits per heavy atom. The maximum Gasteiger partial charge on any atom is 0.356 e. The van der Waals surface area contributed by atoms with Gasteiger partial charge in [0.1, 0.15) is 18.2 Å². The molecule has 5 nitrogen and oxygen atoms in total. The zero-order chi connectivity index (χ0) is 19.4. The molecular formula is C20H18ClFN2O3. The van der Waals surface area contributed by atoms with E-state index in [0.29, 0.717) is 30.3 Å². The average Bonchev–Trinajstić information content (AvgIpc) is 3.01. The van der Waals surface area contributed by atoms with Crippen LogP contribution in [0.25, 0.3) is 0 Å². The molecule has 0 aliphatic carbocycles. The lowest BCUT2D eigenvalue weighted by molar-refractivity contribution is 0.0689. The Hall–Kier alpha value is -2.86. The lowest BCUT2D eigenvalue weighted by Gasteiger charge is -2.13. The van der Waals surface area contributed by atoms with Crippen LogP contribution < -0.4 is 4.74 Å². The summed E-state index contributed by atoms with van der Waals surface area (Å²) in [4.78, 5) is 11.0. The molecule has 7 heteroatoms. The maximum atomic E-state index is 13.0. The van der Waals surface area contributed by atoms with Gasteiger partial charge in [-0.2, -0.15) is 5.10 Å². The van der Waals surface area contributed by atoms with Gasteiger partial charge in [-0.05, 0) is 60.9 Å². The number of benzene rings is 2. The fraction of sp³-hybridized carbons (Fsp3) is 0.200. The number of carbonyl (C=O) groups is 1. The van der Waals surface area contributed by atoms with E-state index in [1.807, 2.05) is 13.0 Å². The van der Waals surface area contributed by atoms with E-state index in [9.17, 15) is 9.18 Å². The van der Waals surface area contributed by atoms with Crippen molar-refractivity contribution in [2.45, 2.75) is 26.5 Å². The highest BCUT2D eigenvalue weighted by Crippen LogP contribution is 2.25. The number of rotatable bonds is 7. The van der Waals surface area contributed by atoms with Crippen LogP contribution in [0, 0.1) is 12.7 Å². The van der Waals surface area contributed by atoms with Crippen LogP contribution in [0.15, 0.2) is 48.5 Å². The van der Waals surface area contributed by atoms with Crippen molar-refractivity contribution in [3.8, 4) is 5.75 Å². The molecule has 0 bridgehead atoms. The van der Waals surface area contributed by atoms with Gasteiger partial charge in [-0.3, -0.25) is 4.68 Å². The molecule has 3 rings (SSSR count). The van der Waals surface area contributed by atoms with Gasteiger partial charge in [0.25, 0.3) is 0 Å². The van der Waals surface area contributed by atoms with Crippen molar-refractivity contribution in [2.24, 2.45) is 0 Å². The van der Waals surface area contributed by atoms with E-state index in [4.69, 9.17) is 21.4 Å². The van der Waals surface area contributed by atoms with Crippen LogP contribution in [0.4, 0.5) is 4.39 Å². The number of nitrogens with zero attached hydrogens (tertiary/aromatic N) is 2. The van der Waals surface area contributed by atoms with Gasteiger partial charge in [0.2, 0.25) is 0 Å². The number of aromatic carboxylic acids is 1. The molecule has 0 fully saturated rings. The fourth-order valence-corrected chi connectivity index (χ4v) is 2.89. The molecular weight excluding hydrogens is 371 g/mol. The van der Waals surface area contributed by atoms with Gasteiger partial charge in [-0.25, -0.2) is 9.18 Å². The number of aromatic nitrogens is 2. The summed E-state index contributed by atoms with van der Waals surface area (Å²) in [5.41, 5.74) is 2.53. The topological polar surface area (TPSA) is 64.3 Å². The van der Waals surface area contributed by atoms with Crippen molar-refractivity contribution >= 4 is 17.6 Å². The molecule has 1 aromatic heterocycles. The van der Waals surface area contributed by atoms with Crippen molar-refractivity contribution in [2.75, 3.05) is 0 Å². The second-order valence-corrected chi connectivity index (χ2v) is 6.55. The van der Waals surface area contributed by atoms with Gasteiger partial charge in [0.15, 0.2) is 5.69 Å². The summed E-state index contributed by atoms with van der Waals surface area (Å²) in [6, 6.07) is 13.0. The molecule has 1 N–H and O–H groups in total. The Bertz CT molecular complexity index is 954. The number of halogens is 2. The number of hydrogen-bond donors (Lipinski definition) is 1. The number of carboxylic acid groups (broad SMARTS) is 1. The van der Waals surface area contributed by atoms with E-state index < -0.39 is 5.97 Å². The van der Waals surface area contributed by atoms with Crippen molar-refractivity contribution < 1.29 is 19.0 Å². The highest BCUT2D eigenvalue weighted by molar-refractivity contribution is 6.30. The van der Waals surface area contributed by atoms with Gasteiger partial charge in [0.05, 0.1) is 0 Å². The van der Waals surface area contributed by atoms with Gasteiger partial charge >= 0.3 is 5.97 Å². The molecule has 0 aliphatic rings. The summed E-state index contributed by atoms with van der Waals surface area (Å²) in [6.07, 6.45) is 0.570. The van der Waals surface area contributed by atoms with E-state index in [-0.39, 0.29) is 11.5 Å². The van der Waals surface area contributed by atoms with E-state index in [1.54, 1.807) is 28.9 Å². The van der Waals surface area contributed by atoms with Crippen molar-refractivity contribution in [1.82, 2.24) is 9.78 Å². The predicted octanol–water partition coefficient (Wildman–Crippen LogP) is 4.50. The normalized spacial score (nSPS) is 10.8. The lowest BCUT2D eigenvalue weighted by Crippen LogP contribution is -2.08. The third-order valence-electron chi connectivity index (χ3n) is 4.12. The smallest absolute Gasteiger partial charge is 0.356 e. The molecule has 0 radical (unpaired) electrons. The number of ether oxygens (including phenoxy) is 1. The summed E-state index contributed by atoms with van der Waals surface area (Å²) in [6.45, 7) is 2.61. The van der Waals surface area contributed by atoms with E-state index >= 15 is 0 Å². The van der Waals surface area contributed by atoms with E-state index in [2.05, 4.69) is 5.10 Å². The number of aryl methyl sites for hydroxylation is 3. The Balaban J connectivity index is 1.72. The van der Waals surface area contributed by atoms with Crippen molar-refractivity contribution in [3.05, 3.63) is 81.9 Å². The summed E-state index contributed by atoms with van der Waals surface area (Å²) in [5, 5.41) is 13.7. The molecule has 140 valence electrons. The molecule has 0 atom stereocenters. The van der Waals surface area contributed by atoms with Crippen molar-refractivity contribution in [1.29, 1.82) is 0 Å². The Morgan fingerprint density at radius 1 is 1.22 bits per heavy atom. The van der Waals surface area contributed by atoms with Crippen LogP contribution in [0.5, 0.6) is 5.75 Å². The highest BCUT2D eigenvalue weighted by Gasteiger charge is 2.12. The minimum absolute atomic E-state index is 0.0198. The van der Waals surface area contributed by atoms with E-state index in [0.717, 1.165) is 16.8 Å². The Morgan fingerprint density at radius 3 is 2.63 bits per heavy atom. The monoisotopic (exact) mass is 388 g/mol. The summed E-state index contributed by atoms with van der Waals surface area (Å²) < 4.78 is 20.5. The van der Waals surface area contributed by atoms with E-state index in [1.165, 1.54) is 18.2 Å². The second-order valence-electron chi connectivity index (χ2n) is 6.12. The molecule has 1 heterocycles. The van der Waals surface area contributed by atoms with Gasteiger partial charge in [0, 0.05) is 17.3 Å². The minimum Gasteiger partial charge on any atom is -0.489 e. The van der Waals surface area contributed by atoms with Crippen LogP contribution in [0.2, 0.25) is 5.02 Å². The van der Waals surface area contributed by atoms with Crippen LogP contribution in [-0.2, 0) is 19.6 Å². The van der Waals surface area contributed by atoms with Gasteiger partial charge in [-0.15, -0.1) is 0 Å². The van der Waals surface area contributed by atoms with Gasteiger partial charge < -0.3 is 9.84 Å². The molecule has 2 aromatic carbocycles. The van der Waals surface area contributed by atoms with Crippen LogP contribution >= 0.6 is 11.6 Å². The molecule has 0 spiro atoms. The highest BCUT2D eigenvalue weighted by atomic mass is 35.5. The maximum absolute atomic E-state index is 13.0. The Kier molecular flexibility index (Phi) is 5.76. The number of hydrogen-bond acceptors (Lipinski definition) is 3. The molecule has 0 amide bonds. The molecule has 27 heavy (non-hydrogen) atoms. The fourth-order valence-electron chi connectivity index (χ4n) is 2.69. The molecule has 3 aromatic rings. The average molecular weight is 389 g/mol.